The van der Waals surface area contributed by atoms with Crippen molar-refractivity contribution in [3.63, 3.8) is 0 Å². The van der Waals surface area contributed by atoms with Crippen molar-refractivity contribution in [3.05, 3.63) is 0 Å². The summed E-state index contributed by atoms with van der Waals surface area (Å²) < 4.78 is 10.6. The lowest BCUT2D eigenvalue weighted by Crippen LogP contribution is -2.29. The van der Waals surface area contributed by atoms with Crippen molar-refractivity contribution in [2.45, 2.75) is 93.2 Å². The summed E-state index contributed by atoms with van der Waals surface area (Å²) >= 11 is 0. The number of hydrogen-bond donors (Lipinski definition) is 3. The molecule has 0 aliphatic heterocycles. The van der Waals surface area contributed by atoms with Crippen molar-refractivity contribution in [1.29, 1.82) is 0 Å². The Hall–Kier alpha value is -1.02. The largest absolute Gasteiger partial charge is 0.366 e. The van der Waals surface area contributed by atoms with Gasteiger partial charge < -0.3 is 14.8 Å². The van der Waals surface area contributed by atoms with Crippen molar-refractivity contribution in [2.75, 3.05) is 33.2 Å². The Balaban J connectivity index is 0. The summed E-state index contributed by atoms with van der Waals surface area (Å²) in [4.78, 5) is 22.6. The standard InChI is InChI=1S/C12H25NO2.C11H24N2O2/c1-10(2)8-12(14)6-5-7-15-9-13-11(3)4;1-9(2)7-12-11(14)5-6-15-8-13-10(3)4/h10-11,13H,5-9H2,1-4H3;9-10,13H,5-8H2,1-4H3,(H,12,14). The van der Waals surface area contributed by atoms with E-state index in [4.69, 9.17) is 9.47 Å². The van der Waals surface area contributed by atoms with Gasteiger partial charge in [0.25, 0.3) is 0 Å². The Labute approximate surface area is 185 Å². The molecular formula is C23H49N3O4. The maximum absolute atomic E-state index is 11.3. The van der Waals surface area contributed by atoms with E-state index in [1.807, 2.05) is 0 Å². The van der Waals surface area contributed by atoms with Crippen molar-refractivity contribution in [3.8, 4) is 0 Å². The monoisotopic (exact) mass is 431 g/mol. The van der Waals surface area contributed by atoms with E-state index < -0.39 is 0 Å². The van der Waals surface area contributed by atoms with E-state index in [2.05, 4.69) is 71.3 Å². The molecule has 0 aromatic rings. The molecule has 0 rings (SSSR count). The average Bonchev–Trinajstić information content (AvgIpc) is 2.62. The van der Waals surface area contributed by atoms with Crippen LogP contribution in [0.15, 0.2) is 0 Å². The fraction of sp³-hybridized carbons (Fsp3) is 0.913. The van der Waals surface area contributed by atoms with Crippen LogP contribution in [0.4, 0.5) is 0 Å². The molecule has 0 spiro atoms. The second-order valence-corrected chi connectivity index (χ2v) is 9.01. The molecule has 0 saturated heterocycles. The van der Waals surface area contributed by atoms with Crippen LogP contribution in [-0.2, 0) is 19.1 Å². The zero-order chi connectivity index (χ0) is 23.4. The first-order valence-corrected chi connectivity index (χ1v) is 11.4. The summed E-state index contributed by atoms with van der Waals surface area (Å²) in [5.74, 6) is 1.39. The minimum Gasteiger partial charge on any atom is -0.366 e. The van der Waals surface area contributed by atoms with Crippen molar-refractivity contribution in [1.82, 2.24) is 16.0 Å². The maximum Gasteiger partial charge on any atom is 0.222 e. The molecule has 0 aliphatic rings. The summed E-state index contributed by atoms with van der Waals surface area (Å²) in [5.41, 5.74) is 0. The molecule has 30 heavy (non-hydrogen) atoms. The van der Waals surface area contributed by atoms with Crippen molar-refractivity contribution < 1.29 is 19.1 Å². The number of Topliss-reactive ketones (excluding diaryl/α,β-unsaturated/α-hetero) is 1. The molecule has 0 atom stereocenters. The van der Waals surface area contributed by atoms with Gasteiger partial charge in [-0.15, -0.1) is 0 Å². The maximum atomic E-state index is 11.3. The van der Waals surface area contributed by atoms with Gasteiger partial charge >= 0.3 is 0 Å². The van der Waals surface area contributed by atoms with Crippen LogP contribution in [0.3, 0.4) is 0 Å². The molecule has 0 aliphatic carbocycles. The molecule has 7 heteroatoms. The Morgan fingerprint density at radius 1 is 0.733 bits per heavy atom. The molecule has 0 unspecified atom stereocenters. The van der Waals surface area contributed by atoms with Crippen LogP contribution in [0.5, 0.6) is 0 Å². The number of nitrogens with one attached hydrogen (secondary N) is 3. The number of hydrogen-bond acceptors (Lipinski definition) is 6. The Bertz CT molecular complexity index is 413. The lowest BCUT2D eigenvalue weighted by atomic mass is 10.0. The van der Waals surface area contributed by atoms with Gasteiger partial charge in [-0.1, -0.05) is 27.7 Å². The topological polar surface area (TPSA) is 88.7 Å². The highest BCUT2D eigenvalue weighted by Crippen LogP contribution is 2.04. The normalized spacial score (nSPS) is 11.2. The Morgan fingerprint density at radius 3 is 1.73 bits per heavy atom. The van der Waals surface area contributed by atoms with Gasteiger partial charge in [-0.2, -0.15) is 0 Å². The van der Waals surface area contributed by atoms with E-state index in [-0.39, 0.29) is 5.91 Å². The van der Waals surface area contributed by atoms with Crippen LogP contribution in [0.2, 0.25) is 0 Å². The molecule has 180 valence electrons. The third kappa shape index (κ3) is 29.2. The predicted molar refractivity (Wildman–Crippen MR) is 124 cm³/mol. The van der Waals surface area contributed by atoms with Gasteiger partial charge in [0.2, 0.25) is 5.91 Å². The highest BCUT2D eigenvalue weighted by atomic mass is 16.5. The van der Waals surface area contributed by atoms with Gasteiger partial charge in [0.1, 0.15) is 5.78 Å². The highest BCUT2D eigenvalue weighted by molar-refractivity contribution is 5.78. The average molecular weight is 432 g/mol. The highest BCUT2D eigenvalue weighted by Gasteiger charge is 2.04. The number of rotatable bonds is 17. The SMILES string of the molecule is CC(C)CC(=O)CCCOCNC(C)C.CC(C)CNC(=O)CCOCNC(C)C. The fourth-order valence-corrected chi connectivity index (χ4v) is 2.10. The second-order valence-electron chi connectivity index (χ2n) is 9.01. The molecule has 0 aromatic carbocycles. The molecule has 3 N–H and O–H groups in total. The lowest BCUT2D eigenvalue weighted by Gasteiger charge is -2.09. The number of carbonyl (C=O) groups is 2. The van der Waals surface area contributed by atoms with Crippen LogP contribution in [0.1, 0.15) is 81.1 Å². The third-order valence-corrected chi connectivity index (χ3v) is 3.75. The van der Waals surface area contributed by atoms with Gasteiger partial charge in [-0.25, -0.2) is 0 Å². The van der Waals surface area contributed by atoms with Crippen LogP contribution in [-0.4, -0.2) is 57.0 Å². The van der Waals surface area contributed by atoms with Gasteiger partial charge in [0.15, 0.2) is 0 Å². The van der Waals surface area contributed by atoms with Crippen molar-refractivity contribution in [2.24, 2.45) is 11.8 Å². The van der Waals surface area contributed by atoms with Crippen LogP contribution in [0, 0.1) is 11.8 Å². The lowest BCUT2D eigenvalue weighted by molar-refractivity contribution is -0.122. The predicted octanol–water partition coefficient (Wildman–Crippen LogP) is 3.47. The minimum atomic E-state index is 0.0632. The summed E-state index contributed by atoms with van der Waals surface area (Å²) in [6.07, 6.45) is 2.63. The zero-order valence-electron chi connectivity index (χ0n) is 20.8. The molecule has 0 aromatic heterocycles. The molecule has 0 saturated carbocycles. The molecule has 0 fully saturated rings. The summed E-state index contributed by atoms with van der Waals surface area (Å²) in [7, 11) is 0. The number of carbonyl (C=O) groups excluding carboxylic acids is 2. The Morgan fingerprint density at radius 2 is 1.27 bits per heavy atom. The van der Waals surface area contributed by atoms with E-state index in [1.165, 1.54) is 0 Å². The first-order valence-electron chi connectivity index (χ1n) is 11.4. The molecule has 0 radical (unpaired) electrons. The molecular weight excluding hydrogens is 382 g/mol. The van der Waals surface area contributed by atoms with E-state index in [9.17, 15) is 9.59 Å². The van der Waals surface area contributed by atoms with Gasteiger partial charge in [0.05, 0.1) is 26.5 Å². The van der Waals surface area contributed by atoms with Crippen LogP contribution < -0.4 is 16.0 Å². The second kappa shape index (κ2) is 21.2. The first-order chi connectivity index (χ1) is 14.0. The van der Waals surface area contributed by atoms with E-state index in [1.54, 1.807) is 0 Å². The summed E-state index contributed by atoms with van der Waals surface area (Å²) in [6, 6.07) is 0.868. The van der Waals surface area contributed by atoms with Crippen molar-refractivity contribution >= 4 is 11.7 Å². The van der Waals surface area contributed by atoms with Gasteiger partial charge in [-0.3, -0.25) is 20.2 Å². The first kappa shape index (κ1) is 31.2. The van der Waals surface area contributed by atoms with E-state index >= 15 is 0 Å². The minimum absolute atomic E-state index is 0.0632. The number of ether oxygens (including phenoxy) is 2. The number of ketones is 1. The smallest absolute Gasteiger partial charge is 0.222 e. The third-order valence-electron chi connectivity index (χ3n) is 3.75. The van der Waals surface area contributed by atoms with Crippen LogP contribution in [0.25, 0.3) is 0 Å². The van der Waals surface area contributed by atoms with Gasteiger partial charge in [-0.05, 0) is 46.0 Å². The van der Waals surface area contributed by atoms with Crippen LogP contribution >= 0.6 is 0 Å². The quantitative estimate of drug-likeness (QED) is 0.241. The summed E-state index contributed by atoms with van der Waals surface area (Å²) in [5, 5.41) is 9.12. The Kier molecular flexibility index (Phi) is 22.0. The van der Waals surface area contributed by atoms with E-state index in [0.29, 0.717) is 75.6 Å². The number of amides is 1. The summed E-state index contributed by atoms with van der Waals surface area (Å²) in [6.45, 7) is 19.5. The molecule has 0 bridgehead atoms. The van der Waals surface area contributed by atoms with E-state index in [0.717, 1.165) is 13.0 Å². The molecule has 7 nitrogen and oxygen atoms in total. The zero-order valence-corrected chi connectivity index (χ0v) is 20.8. The molecule has 1 amide bonds. The fourth-order valence-electron chi connectivity index (χ4n) is 2.10. The van der Waals surface area contributed by atoms with Gasteiger partial charge in [0, 0.05) is 38.1 Å². The molecule has 0 heterocycles.